The van der Waals surface area contributed by atoms with Gasteiger partial charge < -0.3 is 4.57 Å². The third kappa shape index (κ3) is 11.3. The van der Waals surface area contributed by atoms with Crippen LogP contribution in [0.4, 0.5) is 0 Å². The Bertz CT molecular complexity index is 9400. The van der Waals surface area contributed by atoms with Crippen LogP contribution in [0, 0.1) is 0 Å². The maximum absolute atomic E-state index is 4.91. The predicted molar refractivity (Wildman–Crippen MR) is 548 cm³/mol. The van der Waals surface area contributed by atoms with Gasteiger partial charge in [0, 0.05) is 65.4 Å². The molecule has 4 heteroatoms. The van der Waals surface area contributed by atoms with Crippen LogP contribution in [-0.2, 0) is 0 Å². The fraction of sp³-hybridized carbons (Fsp3) is 0. The Hall–Kier alpha value is -16.5. The molecular formula is C124H73N3S. The lowest BCUT2D eigenvalue weighted by molar-refractivity contribution is 1.18. The van der Waals surface area contributed by atoms with Crippen molar-refractivity contribution in [3.63, 3.8) is 0 Å². The molecule has 0 aliphatic heterocycles. The molecule has 27 aromatic rings. The molecule has 0 N–H and O–H groups in total. The van der Waals surface area contributed by atoms with E-state index >= 15 is 0 Å². The van der Waals surface area contributed by atoms with E-state index in [1.807, 2.05) is 11.3 Å². The minimum atomic E-state index is 0.921. The third-order valence-corrected chi connectivity index (χ3v) is 28.8. The number of rotatable bonds is 10. The molecule has 0 aliphatic rings. The van der Waals surface area contributed by atoms with E-state index in [1.165, 1.54) is 194 Å². The smallest absolute Gasteiger partial charge is 0.0971 e. The molecule has 0 spiro atoms. The Balaban J connectivity index is 0.604. The second-order valence-corrected chi connectivity index (χ2v) is 35.5. The van der Waals surface area contributed by atoms with Crippen molar-refractivity contribution in [1.29, 1.82) is 0 Å². The molecule has 24 aromatic carbocycles. The van der Waals surface area contributed by atoms with Gasteiger partial charge in [0.1, 0.15) is 0 Å². The Morgan fingerprint density at radius 2 is 0.453 bits per heavy atom. The Morgan fingerprint density at radius 3 is 0.953 bits per heavy atom. The first kappa shape index (κ1) is 72.0. The molecular weight excluding hydrogens is 1560 g/mol. The van der Waals surface area contributed by atoms with Gasteiger partial charge in [0.15, 0.2) is 0 Å². The maximum atomic E-state index is 4.91. The molecule has 0 aliphatic carbocycles. The van der Waals surface area contributed by atoms with E-state index in [9.17, 15) is 0 Å². The SMILES string of the molecule is c1ccc(-c2cccc3c2sc2c(-c4cccc(-c5ccc6c(c5)c5ccccc5c5ccc(-c7ccc8c9cc(-c%10cccc(-c%11ccc%12c%13ccccc%13c%13nccnc%13c%12c%11)c%10)ccc9c9ccccc9c8c7)cc56)c4)c(-c4cc(-c5ccc6c7ccccc7c7ccccc7c6c5)cc(-c5ccc6c(c5)c5ccccc5n6-c5ccccc5)c4)ccc23)cc1. The highest BCUT2D eigenvalue weighted by atomic mass is 32.1. The van der Waals surface area contributed by atoms with Crippen LogP contribution in [0.15, 0.2) is 443 Å². The number of hydrogen-bond donors (Lipinski definition) is 0. The van der Waals surface area contributed by atoms with Crippen LogP contribution >= 0.6 is 11.3 Å². The standard InChI is InChI=1S/C124H73N3S/c1-3-22-74(23-4-1)91-41-21-42-109-110-58-57-90(88-65-86(83-49-53-101-94-32-8-7-30-92(94)93-31-9-12-36-98(93)111(101)71-83)64-87(66-88)84-50-59-119-116(72-84)107-39-17-18-43-118(107)127(119)89-28-5-2-6-29-89)120(124(110)128-123(91)109)85-27-20-26-77(63-85)79-47-55-105-112(67-79)99-37-13-10-33-95(99)103-52-45-80(70-115(103)105)81-48-56-106-113(69-81)100-38-14-11-34-96(100)102-51-44-78(68-114(102)106)75-24-19-25-76(62-75)82-46-54-104-97-35-15-16-40-108(97)121-122(117(104)73-82)126-61-60-125-121/h1-73H. The average molecular weight is 1640 g/mol. The normalized spacial score (nSPS) is 12.1. The van der Waals surface area contributed by atoms with Crippen LogP contribution < -0.4 is 0 Å². The first-order valence-electron chi connectivity index (χ1n) is 44.1. The fourth-order valence-electron chi connectivity index (χ4n) is 21.6. The second kappa shape index (κ2) is 28.5. The summed E-state index contributed by atoms with van der Waals surface area (Å²) in [6.45, 7) is 0. The van der Waals surface area contributed by atoms with Crippen molar-refractivity contribution in [1.82, 2.24) is 14.5 Å². The van der Waals surface area contributed by atoms with Crippen molar-refractivity contribution in [2.45, 2.75) is 0 Å². The zero-order valence-corrected chi connectivity index (χ0v) is 70.2. The van der Waals surface area contributed by atoms with Crippen LogP contribution in [-0.4, -0.2) is 14.5 Å². The number of fused-ring (bicyclic) bond motifs is 30. The van der Waals surface area contributed by atoms with Gasteiger partial charge in [-0.3, -0.25) is 9.97 Å². The number of hydrogen-bond acceptors (Lipinski definition) is 3. The van der Waals surface area contributed by atoms with Gasteiger partial charge in [-0.05, 0) is 299 Å². The van der Waals surface area contributed by atoms with Gasteiger partial charge in [0.25, 0.3) is 0 Å². The van der Waals surface area contributed by atoms with Crippen LogP contribution in [0.5, 0.6) is 0 Å². The number of benzene rings is 24. The molecule has 0 radical (unpaired) electrons. The monoisotopic (exact) mass is 1640 g/mol. The van der Waals surface area contributed by atoms with Crippen LogP contribution in [0.3, 0.4) is 0 Å². The van der Waals surface area contributed by atoms with Crippen molar-refractivity contribution >= 4 is 183 Å². The van der Waals surface area contributed by atoms with E-state index in [0.29, 0.717) is 0 Å². The molecule has 3 nitrogen and oxygen atoms in total. The lowest BCUT2D eigenvalue weighted by Crippen LogP contribution is -1.93. The number of aromatic nitrogens is 3. The summed E-state index contributed by atoms with van der Waals surface area (Å²) >= 11 is 1.92. The topological polar surface area (TPSA) is 30.7 Å². The summed E-state index contributed by atoms with van der Waals surface area (Å²) in [7, 11) is 0. The van der Waals surface area contributed by atoms with Crippen LogP contribution in [0.2, 0.25) is 0 Å². The summed E-state index contributed by atoms with van der Waals surface area (Å²) in [6.07, 6.45) is 3.60. The molecule has 590 valence electrons. The highest BCUT2D eigenvalue weighted by molar-refractivity contribution is 7.27. The predicted octanol–water partition coefficient (Wildman–Crippen LogP) is 34.8. The summed E-state index contributed by atoms with van der Waals surface area (Å²) in [4.78, 5) is 9.75. The largest absolute Gasteiger partial charge is 0.309 e. The van der Waals surface area contributed by atoms with E-state index in [-0.39, 0.29) is 0 Å². The summed E-state index contributed by atoms with van der Waals surface area (Å²) in [5, 5.41) is 31.9. The molecule has 0 saturated carbocycles. The maximum Gasteiger partial charge on any atom is 0.0971 e. The molecule has 0 fully saturated rings. The van der Waals surface area contributed by atoms with E-state index in [2.05, 4.69) is 435 Å². The minimum Gasteiger partial charge on any atom is -0.309 e. The van der Waals surface area contributed by atoms with Crippen molar-refractivity contribution in [2.75, 3.05) is 0 Å². The van der Waals surface area contributed by atoms with Crippen molar-refractivity contribution in [3.05, 3.63) is 443 Å². The van der Waals surface area contributed by atoms with Crippen LogP contribution in [0.25, 0.3) is 277 Å². The van der Waals surface area contributed by atoms with E-state index < -0.39 is 0 Å². The first-order chi connectivity index (χ1) is 63.4. The zero-order valence-electron chi connectivity index (χ0n) is 69.4. The second-order valence-electron chi connectivity index (χ2n) is 34.4. The highest BCUT2D eigenvalue weighted by Gasteiger charge is 2.25. The lowest BCUT2D eigenvalue weighted by atomic mass is 9.86. The summed E-state index contributed by atoms with van der Waals surface area (Å²) in [6, 6.07) is 162. The van der Waals surface area contributed by atoms with Gasteiger partial charge in [-0.25, -0.2) is 0 Å². The average Bonchev–Trinajstić information content (AvgIpc) is 1.70. The van der Waals surface area contributed by atoms with Gasteiger partial charge in [0.2, 0.25) is 0 Å². The molecule has 3 aromatic heterocycles. The molecule has 0 atom stereocenters. The number of nitrogens with zero attached hydrogens (tertiary/aromatic N) is 3. The lowest BCUT2D eigenvalue weighted by Gasteiger charge is -2.17. The summed E-state index contributed by atoms with van der Waals surface area (Å²) < 4.78 is 4.95. The van der Waals surface area contributed by atoms with E-state index in [1.54, 1.807) is 12.4 Å². The van der Waals surface area contributed by atoms with E-state index in [0.717, 1.165) is 83.1 Å². The van der Waals surface area contributed by atoms with E-state index in [4.69, 9.17) is 9.97 Å². The molecule has 0 amide bonds. The summed E-state index contributed by atoms with van der Waals surface area (Å²) in [5.74, 6) is 0. The minimum absolute atomic E-state index is 0.921. The molecule has 3 heterocycles. The molecule has 27 rings (SSSR count). The van der Waals surface area contributed by atoms with Gasteiger partial charge >= 0.3 is 0 Å². The van der Waals surface area contributed by atoms with Gasteiger partial charge in [-0.2, -0.15) is 0 Å². The summed E-state index contributed by atoms with van der Waals surface area (Å²) in [5.41, 5.74) is 26.4. The molecule has 128 heavy (non-hydrogen) atoms. The quantitative estimate of drug-likeness (QED) is 0.128. The van der Waals surface area contributed by atoms with Gasteiger partial charge in [-0.1, -0.05) is 334 Å². The van der Waals surface area contributed by atoms with Crippen molar-refractivity contribution in [2.24, 2.45) is 0 Å². The first-order valence-corrected chi connectivity index (χ1v) is 44.9. The zero-order chi connectivity index (χ0) is 83.8. The van der Waals surface area contributed by atoms with Gasteiger partial charge in [-0.15, -0.1) is 11.3 Å². The van der Waals surface area contributed by atoms with Gasteiger partial charge in [0.05, 0.1) is 22.1 Å². The molecule has 0 unspecified atom stereocenters. The molecule has 0 saturated heterocycles. The number of para-hydroxylation sites is 2. The Labute approximate surface area is 740 Å². The van der Waals surface area contributed by atoms with Crippen molar-refractivity contribution in [3.8, 4) is 106 Å². The molecule has 0 bridgehead atoms. The van der Waals surface area contributed by atoms with Crippen molar-refractivity contribution < 1.29 is 0 Å². The Morgan fingerprint density at radius 1 is 0.156 bits per heavy atom. The fourth-order valence-corrected chi connectivity index (χ4v) is 23.0. The number of thiophene rings is 1. The van der Waals surface area contributed by atoms with Crippen LogP contribution in [0.1, 0.15) is 0 Å². The Kier molecular flexibility index (Phi) is 16.1. The highest BCUT2D eigenvalue weighted by Crippen LogP contribution is 2.52. The third-order valence-electron chi connectivity index (χ3n) is 27.6.